The molecule has 0 aliphatic heterocycles. The molecule has 118 valence electrons. The second-order valence-electron chi connectivity index (χ2n) is 5.05. The Hall–Kier alpha value is -2.17. The van der Waals surface area contributed by atoms with E-state index in [4.69, 9.17) is 27.9 Å². The number of hydrogen-bond acceptors (Lipinski definition) is 2. The Morgan fingerprint density at radius 2 is 1.96 bits per heavy atom. The van der Waals surface area contributed by atoms with E-state index in [1.807, 2.05) is 35.0 Å². The third-order valence-electron chi connectivity index (χ3n) is 3.50. The second kappa shape index (κ2) is 6.52. The minimum atomic E-state index is -0.142. The Morgan fingerprint density at radius 1 is 1.13 bits per heavy atom. The van der Waals surface area contributed by atoms with Crippen molar-refractivity contribution < 1.29 is 9.53 Å². The average molecular weight is 349 g/mol. The molecule has 1 aromatic heterocycles. The van der Waals surface area contributed by atoms with Gasteiger partial charge in [-0.1, -0.05) is 23.2 Å². The Bertz CT molecular complexity index is 874. The van der Waals surface area contributed by atoms with Crippen LogP contribution in [0.15, 0.2) is 48.7 Å². The van der Waals surface area contributed by atoms with Gasteiger partial charge in [0.25, 0.3) is 0 Å². The monoisotopic (exact) mass is 348 g/mol. The average Bonchev–Trinajstić information content (AvgIpc) is 2.93. The number of hydrogen-bond donors (Lipinski definition) is 1. The molecule has 6 heteroatoms. The van der Waals surface area contributed by atoms with Crippen molar-refractivity contribution in [2.24, 2.45) is 0 Å². The van der Waals surface area contributed by atoms with Crippen LogP contribution in [0, 0.1) is 0 Å². The largest absolute Gasteiger partial charge is 0.497 e. The highest BCUT2D eigenvalue weighted by Crippen LogP contribution is 2.25. The van der Waals surface area contributed by atoms with Gasteiger partial charge in [0.2, 0.25) is 5.91 Å². The van der Waals surface area contributed by atoms with Crippen molar-refractivity contribution in [3.05, 3.63) is 58.7 Å². The Labute approximate surface area is 143 Å². The summed E-state index contributed by atoms with van der Waals surface area (Å²) in [5.74, 6) is 0.646. The molecule has 0 saturated carbocycles. The van der Waals surface area contributed by atoms with Crippen LogP contribution in [0.1, 0.15) is 0 Å². The van der Waals surface area contributed by atoms with Crippen molar-refractivity contribution >= 4 is 45.7 Å². The lowest BCUT2D eigenvalue weighted by Gasteiger charge is -2.08. The van der Waals surface area contributed by atoms with Crippen LogP contribution in [0.3, 0.4) is 0 Å². The number of methoxy groups -OCH3 is 1. The SMILES string of the molecule is COc1ccc2c(ccn2CC(=O)Nc2ccc(Cl)c(Cl)c2)c1. The number of rotatable bonds is 4. The fraction of sp³-hybridized carbons (Fsp3) is 0.118. The lowest BCUT2D eigenvalue weighted by atomic mass is 10.2. The first-order chi connectivity index (χ1) is 11.1. The van der Waals surface area contributed by atoms with Crippen molar-refractivity contribution in [2.45, 2.75) is 6.54 Å². The topological polar surface area (TPSA) is 43.3 Å². The molecule has 23 heavy (non-hydrogen) atoms. The van der Waals surface area contributed by atoms with Crippen LogP contribution in [-0.4, -0.2) is 17.6 Å². The maximum absolute atomic E-state index is 12.2. The van der Waals surface area contributed by atoms with Crippen LogP contribution in [-0.2, 0) is 11.3 Å². The number of halogens is 2. The van der Waals surface area contributed by atoms with Gasteiger partial charge in [-0.15, -0.1) is 0 Å². The molecule has 0 bridgehead atoms. The number of nitrogens with one attached hydrogen (secondary N) is 1. The van der Waals surface area contributed by atoms with E-state index >= 15 is 0 Å². The summed E-state index contributed by atoms with van der Waals surface area (Å²) in [5, 5.41) is 4.69. The van der Waals surface area contributed by atoms with Gasteiger partial charge in [0.05, 0.1) is 17.2 Å². The molecule has 0 aliphatic rings. The Morgan fingerprint density at radius 3 is 2.70 bits per heavy atom. The summed E-state index contributed by atoms with van der Waals surface area (Å²) >= 11 is 11.8. The molecule has 4 nitrogen and oxygen atoms in total. The highest BCUT2D eigenvalue weighted by atomic mass is 35.5. The minimum Gasteiger partial charge on any atom is -0.497 e. The van der Waals surface area contributed by atoms with Crippen LogP contribution < -0.4 is 10.1 Å². The molecule has 0 fully saturated rings. The van der Waals surface area contributed by atoms with Gasteiger partial charge in [-0.3, -0.25) is 4.79 Å². The van der Waals surface area contributed by atoms with Crippen molar-refractivity contribution in [1.29, 1.82) is 0 Å². The van der Waals surface area contributed by atoms with E-state index in [2.05, 4.69) is 5.32 Å². The van der Waals surface area contributed by atoms with Gasteiger partial charge in [-0.25, -0.2) is 0 Å². The smallest absolute Gasteiger partial charge is 0.244 e. The van der Waals surface area contributed by atoms with Gasteiger partial charge in [-0.05, 0) is 42.5 Å². The fourth-order valence-corrected chi connectivity index (χ4v) is 2.67. The minimum absolute atomic E-state index is 0.142. The number of amides is 1. The maximum Gasteiger partial charge on any atom is 0.244 e. The first kappa shape index (κ1) is 15.7. The van der Waals surface area contributed by atoms with Crippen molar-refractivity contribution in [3.8, 4) is 5.75 Å². The summed E-state index contributed by atoms with van der Waals surface area (Å²) in [4.78, 5) is 12.2. The molecular formula is C17H14Cl2N2O2. The number of aromatic nitrogens is 1. The zero-order valence-electron chi connectivity index (χ0n) is 12.3. The van der Waals surface area contributed by atoms with Crippen molar-refractivity contribution in [3.63, 3.8) is 0 Å². The summed E-state index contributed by atoms with van der Waals surface area (Å²) in [6, 6.07) is 12.7. The second-order valence-corrected chi connectivity index (χ2v) is 5.86. The number of benzene rings is 2. The number of anilines is 1. The van der Waals surface area contributed by atoms with E-state index in [1.165, 1.54) is 0 Å². The van der Waals surface area contributed by atoms with Gasteiger partial charge in [0, 0.05) is 22.8 Å². The van der Waals surface area contributed by atoms with Gasteiger partial charge in [0.15, 0.2) is 0 Å². The molecule has 0 unspecified atom stereocenters. The van der Waals surface area contributed by atoms with E-state index in [0.717, 1.165) is 16.7 Å². The molecular weight excluding hydrogens is 335 g/mol. The molecule has 0 radical (unpaired) electrons. The molecule has 0 spiro atoms. The zero-order chi connectivity index (χ0) is 16.4. The van der Waals surface area contributed by atoms with E-state index in [0.29, 0.717) is 15.7 Å². The van der Waals surface area contributed by atoms with Crippen LogP contribution >= 0.6 is 23.2 Å². The van der Waals surface area contributed by atoms with Crippen LogP contribution in [0.2, 0.25) is 10.0 Å². The lowest BCUT2D eigenvalue weighted by Crippen LogP contribution is -2.18. The number of nitrogens with zero attached hydrogens (tertiary/aromatic N) is 1. The standard InChI is InChI=1S/C17H14Cl2N2O2/c1-23-13-3-5-16-11(8-13)6-7-21(16)10-17(22)20-12-2-4-14(18)15(19)9-12/h2-9H,10H2,1H3,(H,20,22). The van der Waals surface area contributed by atoms with E-state index in [9.17, 15) is 4.79 Å². The lowest BCUT2D eigenvalue weighted by molar-refractivity contribution is -0.116. The summed E-state index contributed by atoms with van der Waals surface area (Å²) in [7, 11) is 1.63. The predicted molar refractivity (Wildman–Crippen MR) is 93.6 cm³/mol. The molecule has 0 atom stereocenters. The molecule has 1 heterocycles. The quantitative estimate of drug-likeness (QED) is 0.748. The van der Waals surface area contributed by atoms with Crippen molar-refractivity contribution in [2.75, 3.05) is 12.4 Å². The third kappa shape index (κ3) is 3.44. The number of ether oxygens (including phenoxy) is 1. The summed E-state index contributed by atoms with van der Waals surface area (Å²) in [6.45, 7) is 0.204. The van der Waals surface area contributed by atoms with Gasteiger partial charge in [0.1, 0.15) is 12.3 Å². The maximum atomic E-state index is 12.2. The highest BCUT2D eigenvalue weighted by Gasteiger charge is 2.08. The molecule has 1 amide bonds. The Balaban J connectivity index is 1.76. The van der Waals surface area contributed by atoms with E-state index in [-0.39, 0.29) is 12.5 Å². The normalized spacial score (nSPS) is 10.7. The first-order valence-electron chi connectivity index (χ1n) is 6.94. The molecule has 3 rings (SSSR count). The van der Waals surface area contributed by atoms with Gasteiger partial charge >= 0.3 is 0 Å². The molecule has 0 aliphatic carbocycles. The van der Waals surface area contributed by atoms with E-state index < -0.39 is 0 Å². The number of carbonyl (C=O) groups excluding carboxylic acids is 1. The molecule has 3 aromatic rings. The van der Waals surface area contributed by atoms with Gasteiger partial charge in [-0.2, -0.15) is 0 Å². The number of fused-ring (bicyclic) bond motifs is 1. The molecule has 2 aromatic carbocycles. The Kier molecular flexibility index (Phi) is 4.46. The summed E-state index contributed by atoms with van der Waals surface area (Å²) in [6.07, 6.45) is 1.87. The molecule has 1 N–H and O–H groups in total. The summed E-state index contributed by atoms with van der Waals surface area (Å²) in [5.41, 5.74) is 1.58. The van der Waals surface area contributed by atoms with Crippen LogP contribution in [0.4, 0.5) is 5.69 Å². The van der Waals surface area contributed by atoms with Crippen LogP contribution in [0.25, 0.3) is 10.9 Å². The van der Waals surface area contributed by atoms with Gasteiger partial charge < -0.3 is 14.6 Å². The van der Waals surface area contributed by atoms with Crippen LogP contribution in [0.5, 0.6) is 5.75 Å². The molecule has 0 saturated heterocycles. The van der Waals surface area contributed by atoms with E-state index in [1.54, 1.807) is 25.3 Å². The third-order valence-corrected chi connectivity index (χ3v) is 4.23. The zero-order valence-corrected chi connectivity index (χ0v) is 13.9. The van der Waals surface area contributed by atoms with Crippen molar-refractivity contribution in [1.82, 2.24) is 4.57 Å². The highest BCUT2D eigenvalue weighted by molar-refractivity contribution is 6.42. The summed E-state index contributed by atoms with van der Waals surface area (Å²) < 4.78 is 7.08. The fourth-order valence-electron chi connectivity index (χ4n) is 2.37. The first-order valence-corrected chi connectivity index (χ1v) is 7.70. The predicted octanol–water partition coefficient (Wildman–Crippen LogP) is 4.60. The number of carbonyl (C=O) groups is 1.